The standard InChI is InChI=1S/C15H10Cl2N4O2/c16-11-6-5-10(13(17)7-11)8-23-15(22)12-3-1-2-4-14(12)21-9-18-19-20-21/h1-7,9H,8H2. The van der Waals surface area contributed by atoms with E-state index < -0.39 is 5.97 Å². The first-order valence-electron chi connectivity index (χ1n) is 6.58. The van der Waals surface area contributed by atoms with E-state index in [-0.39, 0.29) is 6.61 Å². The highest BCUT2D eigenvalue weighted by Crippen LogP contribution is 2.22. The molecule has 0 saturated heterocycles. The Balaban J connectivity index is 1.79. The summed E-state index contributed by atoms with van der Waals surface area (Å²) in [6, 6.07) is 11.9. The smallest absolute Gasteiger partial charge is 0.340 e. The molecule has 0 atom stereocenters. The number of halogens is 2. The van der Waals surface area contributed by atoms with E-state index in [9.17, 15) is 4.79 Å². The fourth-order valence-corrected chi connectivity index (χ4v) is 2.44. The summed E-state index contributed by atoms with van der Waals surface area (Å²) >= 11 is 11.9. The lowest BCUT2D eigenvalue weighted by atomic mass is 10.2. The number of hydrogen-bond acceptors (Lipinski definition) is 5. The number of carbonyl (C=O) groups excluding carboxylic acids is 1. The van der Waals surface area contributed by atoms with E-state index in [1.165, 1.54) is 11.0 Å². The summed E-state index contributed by atoms with van der Waals surface area (Å²) in [7, 11) is 0. The molecule has 8 heteroatoms. The van der Waals surface area contributed by atoms with Crippen LogP contribution in [0, 0.1) is 0 Å². The van der Waals surface area contributed by atoms with E-state index in [4.69, 9.17) is 27.9 Å². The molecule has 23 heavy (non-hydrogen) atoms. The zero-order valence-electron chi connectivity index (χ0n) is 11.7. The van der Waals surface area contributed by atoms with Crippen molar-refractivity contribution in [2.45, 2.75) is 6.61 Å². The maximum atomic E-state index is 12.3. The van der Waals surface area contributed by atoms with Crippen molar-refractivity contribution < 1.29 is 9.53 Å². The lowest BCUT2D eigenvalue weighted by Crippen LogP contribution is -2.10. The fourth-order valence-electron chi connectivity index (χ4n) is 1.98. The van der Waals surface area contributed by atoms with Crippen LogP contribution in [0.2, 0.25) is 10.0 Å². The third kappa shape index (κ3) is 3.49. The van der Waals surface area contributed by atoms with Gasteiger partial charge in [-0.05, 0) is 34.7 Å². The quantitative estimate of drug-likeness (QED) is 0.676. The predicted octanol–water partition coefficient (Wildman–Crippen LogP) is 3.33. The zero-order chi connectivity index (χ0) is 16.2. The highest BCUT2D eigenvalue weighted by atomic mass is 35.5. The second kappa shape index (κ2) is 6.76. The van der Waals surface area contributed by atoms with Crippen LogP contribution in [0.5, 0.6) is 0 Å². The van der Waals surface area contributed by atoms with Gasteiger partial charge in [0.2, 0.25) is 0 Å². The van der Waals surface area contributed by atoms with Crippen molar-refractivity contribution in [3.8, 4) is 5.69 Å². The molecule has 0 N–H and O–H groups in total. The Morgan fingerprint density at radius 1 is 1.17 bits per heavy atom. The van der Waals surface area contributed by atoms with Gasteiger partial charge in [0.05, 0.1) is 11.3 Å². The van der Waals surface area contributed by atoms with E-state index in [2.05, 4.69) is 15.5 Å². The molecule has 0 aliphatic heterocycles. The lowest BCUT2D eigenvalue weighted by molar-refractivity contribution is 0.0472. The summed E-state index contributed by atoms with van der Waals surface area (Å²) in [5.41, 5.74) is 1.55. The molecule has 0 bridgehead atoms. The van der Waals surface area contributed by atoms with Crippen LogP contribution in [0.15, 0.2) is 48.8 Å². The molecular weight excluding hydrogens is 339 g/mol. The van der Waals surface area contributed by atoms with Crippen LogP contribution in [-0.4, -0.2) is 26.2 Å². The molecule has 6 nitrogen and oxygen atoms in total. The van der Waals surface area contributed by atoms with Crippen molar-refractivity contribution in [3.63, 3.8) is 0 Å². The number of carbonyl (C=O) groups is 1. The average molecular weight is 349 g/mol. The number of nitrogens with zero attached hydrogens (tertiary/aromatic N) is 4. The summed E-state index contributed by atoms with van der Waals surface area (Å²) in [5.74, 6) is -0.498. The number of hydrogen-bond donors (Lipinski definition) is 0. The lowest BCUT2D eigenvalue weighted by Gasteiger charge is -2.09. The van der Waals surface area contributed by atoms with Gasteiger partial charge in [-0.15, -0.1) is 5.10 Å². The van der Waals surface area contributed by atoms with Gasteiger partial charge in [-0.25, -0.2) is 4.79 Å². The average Bonchev–Trinajstić information content (AvgIpc) is 3.08. The summed E-state index contributed by atoms with van der Waals surface area (Å²) in [4.78, 5) is 12.3. The van der Waals surface area contributed by atoms with Gasteiger partial charge in [-0.1, -0.05) is 41.4 Å². The van der Waals surface area contributed by atoms with Gasteiger partial charge in [-0.3, -0.25) is 0 Å². The fraction of sp³-hybridized carbons (Fsp3) is 0.0667. The van der Waals surface area contributed by atoms with Crippen LogP contribution < -0.4 is 0 Å². The first kappa shape index (κ1) is 15.5. The number of rotatable bonds is 4. The first-order valence-corrected chi connectivity index (χ1v) is 7.34. The molecule has 1 aromatic heterocycles. The maximum Gasteiger partial charge on any atom is 0.340 e. The Kier molecular flexibility index (Phi) is 4.55. The SMILES string of the molecule is O=C(OCc1ccc(Cl)cc1Cl)c1ccccc1-n1cnnn1. The van der Waals surface area contributed by atoms with E-state index in [0.717, 1.165) is 0 Å². The molecule has 3 aromatic rings. The first-order chi connectivity index (χ1) is 11.1. The molecule has 116 valence electrons. The van der Waals surface area contributed by atoms with Crippen molar-refractivity contribution in [1.29, 1.82) is 0 Å². The van der Waals surface area contributed by atoms with Crippen LogP contribution in [0.3, 0.4) is 0 Å². The molecule has 0 fully saturated rings. The van der Waals surface area contributed by atoms with Crippen LogP contribution in [-0.2, 0) is 11.3 Å². The van der Waals surface area contributed by atoms with Crippen LogP contribution in [0.25, 0.3) is 5.69 Å². The Morgan fingerprint density at radius 2 is 2.00 bits per heavy atom. The summed E-state index contributed by atoms with van der Waals surface area (Å²) < 4.78 is 6.72. The van der Waals surface area contributed by atoms with E-state index in [0.29, 0.717) is 26.9 Å². The van der Waals surface area contributed by atoms with Gasteiger partial charge >= 0.3 is 5.97 Å². The van der Waals surface area contributed by atoms with Crippen molar-refractivity contribution >= 4 is 29.2 Å². The predicted molar refractivity (Wildman–Crippen MR) is 84.7 cm³/mol. The van der Waals surface area contributed by atoms with Gasteiger partial charge in [0.15, 0.2) is 0 Å². The second-order valence-electron chi connectivity index (χ2n) is 4.58. The third-order valence-corrected chi connectivity index (χ3v) is 3.68. The highest BCUT2D eigenvalue weighted by Gasteiger charge is 2.15. The Labute approximate surface area is 141 Å². The number of ether oxygens (including phenoxy) is 1. The molecule has 0 aliphatic rings. The molecule has 3 rings (SSSR count). The van der Waals surface area contributed by atoms with E-state index >= 15 is 0 Å². The summed E-state index contributed by atoms with van der Waals surface area (Å²) in [6.07, 6.45) is 1.40. The number of esters is 1. The number of para-hydroxylation sites is 1. The van der Waals surface area contributed by atoms with Crippen LogP contribution in [0.1, 0.15) is 15.9 Å². The number of benzene rings is 2. The molecule has 0 unspecified atom stereocenters. The topological polar surface area (TPSA) is 69.9 Å². The number of tetrazole rings is 1. The molecular formula is C15H10Cl2N4O2. The monoisotopic (exact) mass is 348 g/mol. The Hall–Kier alpha value is -2.44. The summed E-state index contributed by atoms with van der Waals surface area (Å²) in [5, 5.41) is 11.9. The third-order valence-electron chi connectivity index (χ3n) is 3.09. The van der Waals surface area contributed by atoms with Crippen LogP contribution >= 0.6 is 23.2 Å². The number of aromatic nitrogens is 4. The normalized spacial score (nSPS) is 10.5. The minimum atomic E-state index is -0.498. The molecule has 0 aliphatic carbocycles. The summed E-state index contributed by atoms with van der Waals surface area (Å²) in [6.45, 7) is 0.0405. The van der Waals surface area contributed by atoms with Gasteiger partial charge in [0, 0.05) is 15.6 Å². The van der Waals surface area contributed by atoms with Gasteiger partial charge in [0.25, 0.3) is 0 Å². The van der Waals surface area contributed by atoms with Gasteiger partial charge in [-0.2, -0.15) is 4.68 Å². The van der Waals surface area contributed by atoms with Crippen LogP contribution in [0.4, 0.5) is 0 Å². The molecule has 1 heterocycles. The second-order valence-corrected chi connectivity index (χ2v) is 5.43. The highest BCUT2D eigenvalue weighted by molar-refractivity contribution is 6.35. The van der Waals surface area contributed by atoms with E-state index in [1.54, 1.807) is 42.5 Å². The van der Waals surface area contributed by atoms with Crippen molar-refractivity contribution in [3.05, 3.63) is 70.0 Å². The Morgan fingerprint density at radius 3 is 2.74 bits per heavy atom. The van der Waals surface area contributed by atoms with Crippen molar-refractivity contribution in [2.75, 3.05) is 0 Å². The minimum Gasteiger partial charge on any atom is -0.457 e. The molecule has 0 saturated carbocycles. The zero-order valence-corrected chi connectivity index (χ0v) is 13.2. The largest absolute Gasteiger partial charge is 0.457 e. The minimum absolute atomic E-state index is 0.0405. The van der Waals surface area contributed by atoms with Crippen molar-refractivity contribution in [2.24, 2.45) is 0 Å². The maximum absolute atomic E-state index is 12.3. The van der Waals surface area contributed by atoms with Gasteiger partial charge < -0.3 is 4.74 Å². The van der Waals surface area contributed by atoms with E-state index in [1.807, 2.05) is 0 Å². The molecule has 0 radical (unpaired) electrons. The molecule has 0 spiro atoms. The molecule has 0 amide bonds. The van der Waals surface area contributed by atoms with Crippen molar-refractivity contribution in [1.82, 2.24) is 20.2 Å². The van der Waals surface area contributed by atoms with Gasteiger partial charge in [0.1, 0.15) is 12.9 Å². The molecule has 2 aromatic carbocycles. The Bertz CT molecular complexity index is 837.